The van der Waals surface area contributed by atoms with Crippen LogP contribution in [0.1, 0.15) is 5.56 Å². The van der Waals surface area contributed by atoms with E-state index >= 15 is 0 Å². The van der Waals surface area contributed by atoms with E-state index in [1.54, 1.807) is 11.6 Å². The molecular formula is C10H9F3NS2+. The molecule has 0 fully saturated rings. The Hall–Kier alpha value is -0.750. The van der Waals surface area contributed by atoms with Crippen molar-refractivity contribution in [3.05, 3.63) is 23.8 Å². The van der Waals surface area contributed by atoms with Crippen LogP contribution < -0.4 is 4.57 Å². The van der Waals surface area contributed by atoms with Gasteiger partial charge >= 0.3 is 6.18 Å². The molecule has 1 heterocycles. The van der Waals surface area contributed by atoms with Gasteiger partial charge in [0.25, 0.3) is 4.34 Å². The van der Waals surface area contributed by atoms with E-state index in [1.807, 2.05) is 6.26 Å². The topological polar surface area (TPSA) is 3.88 Å². The molecule has 0 aliphatic rings. The fraction of sp³-hybridized carbons (Fsp3) is 0.300. The van der Waals surface area contributed by atoms with E-state index in [2.05, 4.69) is 0 Å². The van der Waals surface area contributed by atoms with Gasteiger partial charge in [0.1, 0.15) is 11.7 Å². The highest BCUT2D eigenvalue weighted by Crippen LogP contribution is 2.33. The molecule has 0 amide bonds. The van der Waals surface area contributed by atoms with Crippen LogP contribution in [0, 0.1) is 0 Å². The average molecular weight is 264 g/mol. The number of aromatic nitrogens is 1. The third-order valence-corrected chi connectivity index (χ3v) is 4.68. The molecular weight excluding hydrogens is 255 g/mol. The van der Waals surface area contributed by atoms with Crippen molar-refractivity contribution in [2.75, 3.05) is 6.26 Å². The van der Waals surface area contributed by atoms with Gasteiger partial charge in [-0.15, -0.1) is 0 Å². The molecule has 0 N–H and O–H groups in total. The van der Waals surface area contributed by atoms with Crippen LogP contribution in [-0.4, -0.2) is 6.26 Å². The summed E-state index contributed by atoms with van der Waals surface area (Å²) in [6.07, 6.45) is -2.36. The summed E-state index contributed by atoms with van der Waals surface area (Å²) in [7, 11) is 1.78. The zero-order chi connectivity index (χ0) is 11.9. The quantitative estimate of drug-likeness (QED) is 0.563. The second-order valence-corrected chi connectivity index (χ2v) is 5.40. The summed E-state index contributed by atoms with van der Waals surface area (Å²) >= 11 is 3.04. The Balaban J connectivity index is 2.66. The van der Waals surface area contributed by atoms with Crippen molar-refractivity contribution in [1.82, 2.24) is 0 Å². The van der Waals surface area contributed by atoms with Gasteiger partial charge in [-0.05, 0) is 30.2 Å². The normalized spacial score (nSPS) is 12.3. The van der Waals surface area contributed by atoms with Crippen molar-refractivity contribution >= 4 is 33.3 Å². The maximum atomic E-state index is 12.5. The summed E-state index contributed by atoms with van der Waals surface area (Å²) < 4.78 is 41.2. The maximum absolute atomic E-state index is 12.5. The van der Waals surface area contributed by atoms with Gasteiger partial charge in [0, 0.05) is 6.07 Å². The van der Waals surface area contributed by atoms with Crippen LogP contribution in [0.4, 0.5) is 13.2 Å². The lowest BCUT2D eigenvalue weighted by Crippen LogP contribution is -2.28. The van der Waals surface area contributed by atoms with E-state index in [4.69, 9.17) is 0 Å². The SMILES string of the molecule is CSc1sc2ccc(C(F)(F)F)cc2[n+]1C. The molecule has 16 heavy (non-hydrogen) atoms. The van der Waals surface area contributed by atoms with Crippen LogP contribution in [-0.2, 0) is 13.2 Å². The van der Waals surface area contributed by atoms with E-state index < -0.39 is 11.7 Å². The van der Waals surface area contributed by atoms with Crippen molar-refractivity contribution in [1.29, 1.82) is 0 Å². The van der Waals surface area contributed by atoms with E-state index in [9.17, 15) is 13.2 Å². The largest absolute Gasteiger partial charge is 0.416 e. The van der Waals surface area contributed by atoms with Gasteiger partial charge in [-0.2, -0.15) is 17.7 Å². The molecule has 86 valence electrons. The van der Waals surface area contributed by atoms with Crippen molar-refractivity contribution in [3.8, 4) is 0 Å². The molecule has 6 heteroatoms. The summed E-state index contributed by atoms with van der Waals surface area (Å²) in [5.41, 5.74) is 0.0326. The Morgan fingerprint density at radius 3 is 2.56 bits per heavy atom. The molecule has 0 unspecified atom stereocenters. The van der Waals surface area contributed by atoms with Crippen LogP contribution in [0.3, 0.4) is 0 Å². The number of halogens is 3. The Morgan fingerprint density at radius 1 is 1.31 bits per heavy atom. The van der Waals surface area contributed by atoms with Gasteiger partial charge in [-0.1, -0.05) is 11.3 Å². The van der Waals surface area contributed by atoms with Crippen LogP contribution in [0.5, 0.6) is 0 Å². The first-order valence-electron chi connectivity index (χ1n) is 4.47. The first-order chi connectivity index (χ1) is 7.43. The molecule has 1 aromatic heterocycles. The number of hydrogen-bond acceptors (Lipinski definition) is 2. The van der Waals surface area contributed by atoms with E-state index in [1.165, 1.54) is 35.2 Å². The maximum Gasteiger partial charge on any atom is 0.416 e. The van der Waals surface area contributed by atoms with Gasteiger partial charge in [0.2, 0.25) is 5.52 Å². The first kappa shape index (κ1) is 11.7. The number of thioether (sulfide) groups is 1. The standard InChI is InChI=1S/C10H9F3NS2/c1-14-7-5-6(10(11,12)13)3-4-8(7)16-9(14)15-2/h3-5H,1-2H3/q+1. The minimum Gasteiger partial charge on any atom is -0.179 e. The Bertz CT molecular complexity index is 531. The molecule has 0 bridgehead atoms. The lowest BCUT2D eigenvalue weighted by Gasteiger charge is -2.04. The van der Waals surface area contributed by atoms with E-state index in [0.717, 1.165) is 15.1 Å². The summed E-state index contributed by atoms with van der Waals surface area (Å²) in [5, 5.41) is 0. The number of thiazole rings is 1. The van der Waals surface area contributed by atoms with Crippen LogP contribution >= 0.6 is 23.1 Å². The van der Waals surface area contributed by atoms with Crippen molar-refractivity contribution in [2.24, 2.45) is 7.05 Å². The van der Waals surface area contributed by atoms with Crippen LogP contribution in [0.15, 0.2) is 22.5 Å². The lowest BCUT2D eigenvalue weighted by atomic mass is 10.2. The zero-order valence-corrected chi connectivity index (χ0v) is 10.3. The Labute approximate surface area is 98.9 Å². The molecule has 0 saturated carbocycles. The van der Waals surface area contributed by atoms with Crippen LogP contribution in [0.2, 0.25) is 0 Å². The second-order valence-electron chi connectivity index (χ2n) is 3.31. The third-order valence-electron chi connectivity index (χ3n) is 2.29. The Kier molecular flexibility index (Phi) is 2.88. The molecule has 0 spiro atoms. The number of fused-ring (bicyclic) bond motifs is 1. The minimum atomic E-state index is -4.28. The fourth-order valence-corrected chi connectivity index (χ4v) is 3.32. The molecule has 0 saturated heterocycles. The second kappa shape index (κ2) is 3.92. The van der Waals surface area contributed by atoms with Gasteiger partial charge in [-0.25, -0.2) is 0 Å². The molecule has 2 rings (SSSR count). The molecule has 0 aliphatic carbocycles. The number of alkyl halides is 3. The minimum absolute atomic E-state index is 0.596. The molecule has 1 nitrogen and oxygen atoms in total. The number of benzene rings is 1. The van der Waals surface area contributed by atoms with Crippen LogP contribution in [0.25, 0.3) is 10.2 Å². The predicted octanol–water partition coefficient (Wildman–Crippen LogP) is 3.47. The van der Waals surface area contributed by atoms with Gasteiger partial charge in [0.05, 0.1) is 5.56 Å². The molecule has 0 aliphatic heterocycles. The average Bonchev–Trinajstić information content (AvgIpc) is 2.54. The third kappa shape index (κ3) is 1.91. The van der Waals surface area contributed by atoms with Gasteiger partial charge in [-0.3, -0.25) is 0 Å². The van der Waals surface area contributed by atoms with Gasteiger partial charge in [0.15, 0.2) is 0 Å². The fourth-order valence-electron chi connectivity index (χ4n) is 1.48. The highest BCUT2D eigenvalue weighted by atomic mass is 32.2. The van der Waals surface area contributed by atoms with Crippen molar-refractivity contribution < 1.29 is 17.7 Å². The molecule has 1 aromatic carbocycles. The molecule has 0 atom stereocenters. The first-order valence-corrected chi connectivity index (χ1v) is 6.51. The lowest BCUT2D eigenvalue weighted by molar-refractivity contribution is -0.676. The molecule has 2 aromatic rings. The number of hydrogen-bond donors (Lipinski definition) is 0. The number of aryl methyl sites for hydroxylation is 1. The summed E-state index contributed by atoms with van der Waals surface area (Å²) in [5.74, 6) is 0. The van der Waals surface area contributed by atoms with E-state index in [-0.39, 0.29) is 0 Å². The smallest absolute Gasteiger partial charge is 0.179 e. The van der Waals surface area contributed by atoms with E-state index in [0.29, 0.717) is 5.52 Å². The summed E-state index contributed by atoms with van der Waals surface area (Å²) in [6.45, 7) is 0. The number of rotatable bonds is 1. The highest BCUT2D eigenvalue weighted by Gasteiger charge is 2.32. The monoisotopic (exact) mass is 264 g/mol. The Morgan fingerprint density at radius 2 is 2.00 bits per heavy atom. The van der Waals surface area contributed by atoms with Crippen molar-refractivity contribution in [3.63, 3.8) is 0 Å². The highest BCUT2D eigenvalue weighted by molar-refractivity contribution is 8.00. The van der Waals surface area contributed by atoms with Gasteiger partial charge < -0.3 is 0 Å². The predicted molar refractivity (Wildman–Crippen MR) is 59.8 cm³/mol. The summed E-state index contributed by atoms with van der Waals surface area (Å²) in [4.78, 5) is 0. The van der Waals surface area contributed by atoms with Crippen molar-refractivity contribution in [2.45, 2.75) is 10.5 Å². The number of nitrogens with zero attached hydrogens (tertiary/aromatic N) is 1. The molecule has 0 radical (unpaired) electrons. The summed E-state index contributed by atoms with van der Waals surface area (Å²) in [6, 6.07) is 3.86. The zero-order valence-electron chi connectivity index (χ0n) is 8.63.